The van der Waals surface area contributed by atoms with Crippen LogP contribution in [0.4, 0.5) is 0 Å². The molecule has 4 atom stereocenters. The third kappa shape index (κ3) is 5.02. The van der Waals surface area contributed by atoms with E-state index in [4.69, 9.17) is 28.3 Å². The van der Waals surface area contributed by atoms with Gasteiger partial charge < -0.3 is 10.4 Å². The van der Waals surface area contributed by atoms with Gasteiger partial charge in [0.1, 0.15) is 0 Å². The molecule has 142 valence electrons. The largest absolute Gasteiger partial charge is 0.481 e. The smallest absolute Gasteiger partial charge is 0.307 e. The van der Waals surface area contributed by atoms with Crippen LogP contribution in [0.1, 0.15) is 30.4 Å². The summed E-state index contributed by atoms with van der Waals surface area (Å²) in [6, 6.07) is 15.1. The first-order valence-corrected chi connectivity index (χ1v) is 9.64. The van der Waals surface area contributed by atoms with Crippen LogP contribution in [0.3, 0.4) is 0 Å². The second-order valence-electron chi connectivity index (χ2n) is 7.07. The minimum Gasteiger partial charge on any atom is -0.481 e. The average Bonchev–Trinajstić information content (AvgIpc) is 3.43. The predicted molar refractivity (Wildman–Crippen MR) is 106 cm³/mol. The van der Waals surface area contributed by atoms with Crippen molar-refractivity contribution < 1.29 is 14.7 Å². The Morgan fingerprint density at radius 3 is 2.11 bits per heavy atom. The first-order chi connectivity index (χ1) is 12.8. The number of rotatable bonds is 7. The number of carbonyl (C=O) groups excluding carboxylic acids is 1. The number of carboxylic acids is 1. The molecule has 0 radical (unpaired) electrons. The Morgan fingerprint density at radius 2 is 1.59 bits per heavy atom. The third-order valence-corrected chi connectivity index (χ3v) is 5.59. The van der Waals surface area contributed by atoms with Gasteiger partial charge in [0.15, 0.2) is 0 Å². The maximum atomic E-state index is 12.4. The molecule has 1 amide bonds. The van der Waals surface area contributed by atoms with E-state index in [1.165, 1.54) is 0 Å². The number of nitrogens with one attached hydrogen (secondary N) is 1. The molecule has 1 fully saturated rings. The van der Waals surface area contributed by atoms with Gasteiger partial charge in [-0.2, -0.15) is 0 Å². The summed E-state index contributed by atoms with van der Waals surface area (Å²) < 4.78 is 0. The molecular formula is C21H21Cl2NO3. The molecule has 1 saturated carbocycles. The zero-order valence-electron chi connectivity index (χ0n) is 14.9. The number of hydrogen-bond donors (Lipinski definition) is 2. The molecular weight excluding hydrogens is 385 g/mol. The highest BCUT2D eigenvalue weighted by Crippen LogP contribution is 2.39. The van der Waals surface area contributed by atoms with E-state index < -0.39 is 17.8 Å². The topological polar surface area (TPSA) is 66.4 Å². The van der Waals surface area contributed by atoms with E-state index in [9.17, 15) is 9.59 Å². The predicted octanol–water partition coefficient (Wildman–Crippen LogP) is 4.55. The summed E-state index contributed by atoms with van der Waals surface area (Å²) in [5, 5.41) is 13.4. The van der Waals surface area contributed by atoms with E-state index in [-0.39, 0.29) is 17.9 Å². The third-order valence-electron chi connectivity index (χ3n) is 5.08. The first kappa shape index (κ1) is 19.7. The maximum Gasteiger partial charge on any atom is 0.307 e. The lowest BCUT2D eigenvalue weighted by Gasteiger charge is -2.26. The Balaban J connectivity index is 1.76. The van der Waals surface area contributed by atoms with E-state index in [0.717, 1.165) is 11.1 Å². The number of aliphatic carboxylic acids is 1. The van der Waals surface area contributed by atoms with Gasteiger partial charge in [0, 0.05) is 22.0 Å². The number of carbonyl (C=O) groups is 2. The monoisotopic (exact) mass is 405 g/mol. The Hall–Kier alpha value is -2.04. The van der Waals surface area contributed by atoms with Crippen molar-refractivity contribution in [3.05, 3.63) is 69.7 Å². The van der Waals surface area contributed by atoms with Crippen molar-refractivity contribution in [1.29, 1.82) is 0 Å². The van der Waals surface area contributed by atoms with E-state index in [1.807, 2.05) is 55.5 Å². The van der Waals surface area contributed by atoms with Crippen molar-refractivity contribution in [1.82, 2.24) is 5.32 Å². The molecule has 1 aliphatic rings. The molecule has 0 bridgehead atoms. The number of carboxylic acid groups (broad SMARTS) is 1. The highest BCUT2D eigenvalue weighted by Gasteiger charge is 2.48. The van der Waals surface area contributed by atoms with Gasteiger partial charge >= 0.3 is 5.97 Å². The van der Waals surface area contributed by atoms with Crippen molar-refractivity contribution in [3.63, 3.8) is 0 Å². The fraction of sp³-hybridized carbons (Fsp3) is 0.333. The Morgan fingerprint density at radius 1 is 1.04 bits per heavy atom. The SMILES string of the molecule is CC(NC(=O)C1CC1C(=O)O)C(Cc1ccc(Cl)cc1)c1ccc(Cl)cc1. The molecule has 27 heavy (non-hydrogen) atoms. The molecule has 4 nitrogen and oxygen atoms in total. The van der Waals surface area contributed by atoms with Gasteiger partial charge in [0.2, 0.25) is 5.91 Å². The van der Waals surface area contributed by atoms with Crippen LogP contribution in [0.25, 0.3) is 0 Å². The average molecular weight is 406 g/mol. The Labute approximate surface area is 168 Å². The molecule has 0 spiro atoms. The highest BCUT2D eigenvalue weighted by atomic mass is 35.5. The zero-order valence-corrected chi connectivity index (χ0v) is 16.4. The second-order valence-corrected chi connectivity index (χ2v) is 7.95. The van der Waals surface area contributed by atoms with Crippen molar-refractivity contribution in [2.75, 3.05) is 0 Å². The van der Waals surface area contributed by atoms with Crippen molar-refractivity contribution in [2.45, 2.75) is 31.7 Å². The Kier molecular flexibility index (Phi) is 6.08. The van der Waals surface area contributed by atoms with Crippen molar-refractivity contribution >= 4 is 35.1 Å². The van der Waals surface area contributed by atoms with Gasteiger partial charge in [-0.1, -0.05) is 47.5 Å². The van der Waals surface area contributed by atoms with E-state index in [0.29, 0.717) is 22.9 Å². The minimum absolute atomic E-state index is 0.0226. The molecule has 0 aromatic heterocycles. The molecule has 0 heterocycles. The van der Waals surface area contributed by atoms with Crippen molar-refractivity contribution in [2.24, 2.45) is 11.8 Å². The van der Waals surface area contributed by atoms with Crippen LogP contribution in [-0.4, -0.2) is 23.0 Å². The fourth-order valence-corrected chi connectivity index (χ4v) is 3.61. The van der Waals surface area contributed by atoms with Crippen molar-refractivity contribution in [3.8, 4) is 0 Å². The summed E-state index contributed by atoms with van der Waals surface area (Å²) in [6.45, 7) is 1.95. The minimum atomic E-state index is -0.904. The lowest BCUT2D eigenvalue weighted by Crippen LogP contribution is -2.39. The lowest BCUT2D eigenvalue weighted by atomic mass is 9.86. The molecule has 3 rings (SSSR count). The van der Waals surface area contributed by atoms with Crippen LogP contribution in [0.5, 0.6) is 0 Å². The van der Waals surface area contributed by atoms with Gasteiger partial charge in [0.25, 0.3) is 0 Å². The van der Waals surface area contributed by atoms with Crippen LogP contribution < -0.4 is 5.32 Å². The number of benzene rings is 2. The summed E-state index contributed by atoms with van der Waals surface area (Å²) >= 11 is 12.0. The summed E-state index contributed by atoms with van der Waals surface area (Å²) in [6.07, 6.45) is 1.13. The molecule has 2 aromatic carbocycles. The van der Waals surface area contributed by atoms with E-state index in [2.05, 4.69) is 5.32 Å². The number of amides is 1. The summed E-state index contributed by atoms with van der Waals surface area (Å²) in [4.78, 5) is 23.4. The molecule has 2 N–H and O–H groups in total. The normalized spacial score (nSPS) is 20.6. The second kappa shape index (κ2) is 8.32. The number of halogens is 2. The fourth-order valence-electron chi connectivity index (χ4n) is 3.36. The van der Waals surface area contributed by atoms with Gasteiger partial charge in [-0.25, -0.2) is 0 Å². The van der Waals surface area contributed by atoms with E-state index in [1.54, 1.807) is 0 Å². The quantitative estimate of drug-likeness (QED) is 0.709. The zero-order chi connectivity index (χ0) is 19.6. The van der Waals surface area contributed by atoms with Crippen LogP contribution in [0, 0.1) is 11.8 Å². The summed E-state index contributed by atoms with van der Waals surface area (Å²) in [5.74, 6) is -2.05. The highest BCUT2D eigenvalue weighted by molar-refractivity contribution is 6.30. The number of hydrogen-bond acceptors (Lipinski definition) is 2. The summed E-state index contributed by atoms with van der Waals surface area (Å²) in [7, 11) is 0. The lowest BCUT2D eigenvalue weighted by molar-refractivity contribution is -0.140. The van der Waals surface area contributed by atoms with Gasteiger partial charge in [-0.15, -0.1) is 0 Å². The van der Waals surface area contributed by atoms with Gasteiger partial charge in [-0.3, -0.25) is 9.59 Å². The van der Waals surface area contributed by atoms with Crippen LogP contribution in [-0.2, 0) is 16.0 Å². The first-order valence-electron chi connectivity index (χ1n) is 8.88. The van der Waals surface area contributed by atoms with Crippen LogP contribution in [0.15, 0.2) is 48.5 Å². The molecule has 0 saturated heterocycles. The van der Waals surface area contributed by atoms with E-state index >= 15 is 0 Å². The van der Waals surface area contributed by atoms with Crippen LogP contribution >= 0.6 is 23.2 Å². The Bertz CT molecular complexity index is 820. The molecule has 0 aliphatic heterocycles. The van der Waals surface area contributed by atoms with Gasteiger partial charge in [0.05, 0.1) is 11.8 Å². The molecule has 6 heteroatoms. The standard InChI is InChI=1S/C21H21Cl2NO3/c1-12(24-20(25)18-11-19(18)21(26)27)17(14-4-8-16(23)9-5-14)10-13-2-6-15(22)7-3-13/h2-9,12,17-19H,10-11H2,1H3,(H,24,25)(H,26,27). The molecule has 2 aromatic rings. The van der Waals surface area contributed by atoms with Gasteiger partial charge in [-0.05, 0) is 55.2 Å². The van der Waals surface area contributed by atoms with Crippen LogP contribution in [0.2, 0.25) is 10.0 Å². The summed E-state index contributed by atoms with van der Waals surface area (Å²) in [5.41, 5.74) is 2.17. The molecule has 1 aliphatic carbocycles. The maximum absolute atomic E-state index is 12.4. The molecule has 4 unspecified atom stereocenters.